The summed E-state index contributed by atoms with van der Waals surface area (Å²) in [6.45, 7) is 8.39. The molecule has 1 aliphatic heterocycles. The minimum atomic E-state index is -0.855. The van der Waals surface area contributed by atoms with Crippen molar-refractivity contribution in [1.29, 1.82) is 0 Å². The van der Waals surface area contributed by atoms with Gasteiger partial charge in [0.15, 0.2) is 6.10 Å². The highest BCUT2D eigenvalue weighted by atomic mass is 35.5. The first kappa shape index (κ1) is 20.5. The molecule has 1 aromatic rings. The molecule has 27 heavy (non-hydrogen) atoms. The van der Waals surface area contributed by atoms with Crippen LogP contribution in [0.25, 0.3) is 0 Å². The maximum Gasteiger partial charge on any atom is 0.340 e. The Bertz CT molecular complexity index is 668. The number of rotatable bonds is 5. The van der Waals surface area contributed by atoms with Crippen LogP contribution in [0.4, 0.5) is 0 Å². The Kier molecular flexibility index (Phi) is 6.37. The molecule has 5 heteroatoms. The molecule has 1 saturated carbocycles. The van der Waals surface area contributed by atoms with Crippen molar-refractivity contribution in [1.82, 2.24) is 0 Å². The molecule has 0 saturated heterocycles. The van der Waals surface area contributed by atoms with Crippen LogP contribution in [0, 0.1) is 11.8 Å². The van der Waals surface area contributed by atoms with Gasteiger partial charge in [-0.05, 0) is 37.2 Å². The Morgan fingerprint density at radius 1 is 1.26 bits per heavy atom. The van der Waals surface area contributed by atoms with E-state index >= 15 is 0 Å². The molecule has 2 aliphatic rings. The van der Waals surface area contributed by atoms with Gasteiger partial charge in [0.25, 0.3) is 0 Å². The normalized spacial score (nSPS) is 27.0. The molecule has 3 rings (SSSR count). The number of benzene rings is 1. The summed E-state index contributed by atoms with van der Waals surface area (Å²) < 4.78 is 18.3. The molecule has 1 fully saturated rings. The van der Waals surface area contributed by atoms with Crippen LogP contribution in [0.3, 0.4) is 0 Å². The van der Waals surface area contributed by atoms with E-state index in [-0.39, 0.29) is 12.1 Å². The van der Waals surface area contributed by atoms with Crippen LogP contribution in [-0.4, -0.2) is 17.9 Å². The summed E-state index contributed by atoms with van der Waals surface area (Å²) in [4.78, 5) is 13.2. The van der Waals surface area contributed by atoms with Crippen molar-refractivity contribution in [3.8, 4) is 5.75 Å². The van der Waals surface area contributed by atoms with E-state index in [0.29, 0.717) is 41.0 Å². The van der Waals surface area contributed by atoms with Crippen LogP contribution in [-0.2, 0) is 14.3 Å². The van der Waals surface area contributed by atoms with Gasteiger partial charge in [0, 0.05) is 18.4 Å². The Labute approximate surface area is 167 Å². The molecule has 0 aromatic heterocycles. The van der Waals surface area contributed by atoms with Crippen LogP contribution < -0.4 is 4.74 Å². The third-order valence-corrected chi connectivity index (χ3v) is 6.37. The minimum absolute atomic E-state index is 0.0435. The molecule has 0 radical (unpaired) electrons. The fraction of sp³-hybridized carbons (Fsp3) is 0.682. The zero-order valence-electron chi connectivity index (χ0n) is 16.8. The third kappa shape index (κ3) is 4.12. The summed E-state index contributed by atoms with van der Waals surface area (Å²) in [6, 6.07) is 5.43. The van der Waals surface area contributed by atoms with Crippen molar-refractivity contribution >= 4 is 17.6 Å². The fourth-order valence-electron chi connectivity index (χ4n) is 4.31. The van der Waals surface area contributed by atoms with E-state index in [4.69, 9.17) is 25.8 Å². The van der Waals surface area contributed by atoms with Crippen molar-refractivity contribution in [2.45, 2.75) is 84.2 Å². The van der Waals surface area contributed by atoms with Gasteiger partial charge < -0.3 is 14.2 Å². The van der Waals surface area contributed by atoms with Gasteiger partial charge in [-0.15, -0.1) is 0 Å². The van der Waals surface area contributed by atoms with Gasteiger partial charge in [0.1, 0.15) is 11.9 Å². The molecule has 0 amide bonds. The number of ether oxygens (including phenoxy) is 3. The fourth-order valence-corrected chi connectivity index (χ4v) is 4.53. The highest BCUT2D eigenvalue weighted by Crippen LogP contribution is 2.46. The van der Waals surface area contributed by atoms with Crippen molar-refractivity contribution in [2.24, 2.45) is 11.8 Å². The first-order valence-electron chi connectivity index (χ1n) is 10.3. The summed E-state index contributed by atoms with van der Waals surface area (Å²) in [5.74, 6) is 0.256. The Morgan fingerprint density at radius 3 is 2.63 bits per heavy atom. The zero-order chi connectivity index (χ0) is 19.6. The average Bonchev–Trinajstić information content (AvgIpc) is 2.68. The van der Waals surface area contributed by atoms with Crippen LogP contribution in [0.2, 0.25) is 5.02 Å². The number of carbonyl (C=O) groups is 1. The lowest BCUT2D eigenvalue weighted by Gasteiger charge is -2.41. The molecule has 1 aromatic carbocycles. The van der Waals surface area contributed by atoms with E-state index in [0.717, 1.165) is 19.3 Å². The second kappa shape index (κ2) is 8.40. The molecule has 0 unspecified atom stereocenters. The number of carbonyl (C=O) groups excluding carboxylic acids is 1. The Hall–Kier alpha value is -1.26. The topological polar surface area (TPSA) is 44.8 Å². The highest BCUT2D eigenvalue weighted by Gasteiger charge is 2.45. The lowest BCUT2D eigenvalue weighted by molar-refractivity contribution is -0.242. The molecule has 0 N–H and O–H groups in total. The van der Waals surface area contributed by atoms with E-state index in [9.17, 15) is 4.79 Å². The highest BCUT2D eigenvalue weighted by molar-refractivity contribution is 6.32. The summed E-state index contributed by atoms with van der Waals surface area (Å²) in [5, 5.41) is 0.498. The van der Waals surface area contributed by atoms with Gasteiger partial charge in [0.05, 0.1) is 5.02 Å². The number of para-hydroxylation sites is 1. The monoisotopic (exact) mass is 394 g/mol. The van der Waals surface area contributed by atoms with Crippen LogP contribution in [0.1, 0.15) is 77.9 Å². The molecular weight excluding hydrogens is 364 g/mol. The predicted octanol–water partition coefficient (Wildman–Crippen LogP) is 6.06. The molecule has 3 atom stereocenters. The Balaban J connectivity index is 1.88. The van der Waals surface area contributed by atoms with Gasteiger partial charge in [-0.2, -0.15) is 0 Å². The standard InChI is InChI=1S/C22H31ClO4/c1-5-22(6-2)26-19-16(11-9-12-17(19)23)20(27-22)21(24)25-18-13-8-7-10-15(18)14(3)4/h9,11-12,14-15,18,20H,5-8,10,13H2,1-4H3/t15-,18+,20-/m1/s1. The molecule has 150 valence electrons. The van der Waals surface area contributed by atoms with E-state index in [1.165, 1.54) is 6.42 Å². The summed E-state index contributed by atoms with van der Waals surface area (Å²) >= 11 is 6.38. The smallest absolute Gasteiger partial charge is 0.340 e. The first-order valence-corrected chi connectivity index (χ1v) is 10.6. The molecule has 1 aliphatic carbocycles. The summed E-state index contributed by atoms with van der Waals surface area (Å²) in [7, 11) is 0. The number of halogens is 1. The number of hydrogen-bond donors (Lipinski definition) is 0. The van der Waals surface area contributed by atoms with Crippen molar-refractivity contribution in [3.05, 3.63) is 28.8 Å². The average molecular weight is 395 g/mol. The van der Waals surface area contributed by atoms with E-state index in [2.05, 4.69) is 13.8 Å². The Morgan fingerprint density at radius 2 is 1.96 bits per heavy atom. The first-order chi connectivity index (χ1) is 12.9. The van der Waals surface area contributed by atoms with Crippen LogP contribution in [0.5, 0.6) is 5.75 Å². The number of hydrogen-bond acceptors (Lipinski definition) is 4. The lowest BCUT2D eigenvalue weighted by atomic mass is 9.79. The molecule has 0 spiro atoms. The summed E-state index contributed by atoms with van der Waals surface area (Å²) in [6.07, 6.45) is 4.74. The summed E-state index contributed by atoms with van der Waals surface area (Å²) in [5.41, 5.74) is 0.655. The van der Waals surface area contributed by atoms with E-state index in [1.807, 2.05) is 26.0 Å². The predicted molar refractivity (Wildman–Crippen MR) is 106 cm³/mol. The lowest BCUT2D eigenvalue weighted by Crippen LogP contribution is -2.45. The van der Waals surface area contributed by atoms with E-state index in [1.54, 1.807) is 6.07 Å². The molecular formula is C22H31ClO4. The van der Waals surface area contributed by atoms with Crippen molar-refractivity contribution in [3.63, 3.8) is 0 Å². The SMILES string of the molecule is CCC1(CC)Oc2c(Cl)cccc2[C@H](C(=O)O[C@H]2CCCC[C@@H]2C(C)C)O1. The van der Waals surface area contributed by atoms with Gasteiger partial charge in [-0.25, -0.2) is 4.79 Å². The largest absolute Gasteiger partial charge is 0.460 e. The molecule has 0 bridgehead atoms. The number of fused-ring (bicyclic) bond motifs is 1. The van der Waals surface area contributed by atoms with Crippen molar-refractivity contribution in [2.75, 3.05) is 0 Å². The van der Waals surface area contributed by atoms with Gasteiger partial charge >= 0.3 is 5.97 Å². The molecule has 1 heterocycles. The van der Waals surface area contributed by atoms with Crippen molar-refractivity contribution < 1.29 is 19.0 Å². The maximum absolute atomic E-state index is 13.2. The van der Waals surface area contributed by atoms with Gasteiger partial charge in [-0.3, -0.25) is 0 Å². The quantitative estimate of drug-likeness (QED) is 0.569. The molecule has 4 nitrogen and oxygen atoms in total. The van der Waals surface area contributed by atoms with Gasteiger partial charge in [0.2, 0.25) is 5.79 Å². The van der Waals surface area contributed by atoms with E-state index < -0.39 is 11.9 Å². The van der Waals surface area contributed by atoms with Crippen LogP contribution in [0.15, 0.2) is 18.2 Å². The minimum Gasteiger partial charge on any atom is -0.460 e. The third-order valence-electron chi connectivity index (χ3n) is 6.07. The number of esters is 1. The second-order valence-electron chi connectivity index (χ2n) is 8.04. The zero-order valence-corrected chi connectivity index (χ0v) is 17.6. The van der Waals surface area contributed by atoms with Crippen LogP contribution >= 0.6 is 11.6 Å². The van der Waals surface area contributed by atoms with Gasteiger partial charge in [-0.1, -0.05) is 57.8 Å². The second-order valence-corrected chi connectivity index (χ2v) is 8.45. The maximum atomic E-state index is 13.2.